The molecule has 0 aliphatic heterocycles. The lowest BCUT2D eigenvalue weighted by molar-refractivity contribution is 0.321. The van der Waals surface area contributed by atoms with Gasteiger partial charge in [-0.1, -0.05) is 19.1 Å². The lowest BCUT2D eigenvalue weighted by Crippen LogP contribution is -1.98. The fourth-order valence-corrected chi connectivity index (χ4v) is 2.25. The molecular weight excluding hydrogens is 236 g/mol. The molecule has 96 valence electrons. The van der Waals surface area contributed by atoms with Crippen molar-refractivity contribution in [3.05, 3.63) is 42.2 Å². The van der Waals surface area contributed by atoms with Gasteiger partial charge in [0.15, 0.2) is 0 Å². The number of ether oxygens (including phenoxy) is 1. The van der Waals surface area contributed by atoms with Crippen LogP contribution in [0.1, 0.15) is 19.0 Å². The van der Waals surface area contributed by atoms with E-state index < -0.39 is 0 Å². The average Bonchev–Trinajstić information content (AvgIpc) is 2.44. The molecule has 19 heavy (non-hydrogen) atoms. The molecule has 0 amide bonds. The minimum absolute atomic E-state index is 0.721. The van der Waals surface area contributed by atoms with Crippen LogP contribution in [0.4, 0.5) is 0 Å². The molecule has 0 saturated heterocycles. The Balaban J connectivity index is 2.31. The summed E-state index contributed by atoms with van der Waals surface area (Å²) >= 11 is 0. The van der Waals surface area contributed by atoms with Gasteiger partial charge in [-0.05, 0) is 25.5 Å². The van der Waals surface area contributed by atoms with E-state index in [0.29, 0.717) is 0 Å². The zero-order valence-corrected chi connectivity index (χ0v) is 11.2. The normalized spacial score (nSPS) is 11.1. The molecule has 0 spiro atoms. The Kier molecular flexibility index (Phi) is 3.03. The molecule has 0 N–H and O–H groups in total. The third-order valence-electron chi connectivity index (χ3n) is 3.10. The van der Waals surface area contributed by atoms with Gasteiger partial charge in [0.05, 0.1) is 12.1 Å². The maximum atomic E-state index is 5.83. The second-order valence-corrected chi connectivity index (χ2v) is 4.65. The Labute approximate surface area is 112 Å². The maximum absolute atomic E-state index is 5.83. The van der Waals surface area contributed by atoms with Crippen LogP contribution in [-0.2, 0) is 0 Å². The Bertz CT molecular complexity index is 737. The van der Waals surface area contributed by atoms with Gasteiger partial charge in [-0.25, -0.2) is 0 Å². The van der Waals surface area contributed by atoms with Crippen molar-refractivity contribution in [1.82, 2.24) is 9.97 Å². The standard InChI is InChI=1S/C16H16N2O/c1-3-9-19-14-10-11(2)18-16-13(14)7-6-12-5-4-8-17-15(12)16/h4-8,10H,3,9H2,1-2H3. The largest absolute Gasteiger partial charge is 0.493 e. The molecule has 0 aliphatic carbocycles. The summed E-state index contributed by atoms with van der Waals surface area (Å²) in [7, 11) is 0. The number of rotatable bonds is 3. The molecular formula is C16H16N2O. The predicted octanol–water partition coefficient (Wildman–Crippen LogP) is 3.88. The van der Waals surface area contributed by atoms with Crippen molar-refractivity contribution < 1.29 is 4.74 Å². The van der Waals surface area contributed by atoms with Gasteiger partial charge in [-0.3, -0.25) is 9.97 Å². The second kappa shape index (κ2) is 4.84. The highest BCUT2D eigenvalue weighted by Gasteiger charge is 2.09. The highest BCUT2D eigenvalue weighted by atomic mass is 16.5. The number of fused-ring (bicyclic) bond motifs is 3. The zero-order valence-electron chi connectivity index (χ0n) is 11.2. The molecule has 0 saturated carbocycles. The SMILES string of the molecule is CCCOc1cc(C)nc2c1ccc1cccnc12. The van der Waals surface area contributed by atoms with E-state index in [1.54, 1.807) is 6.20 Å². The van der Waals surface area contributed by atoms with Crippen molar-refractivity contribution in [3.63, 3.8) is 0 Å². The summed E-state index contributed by atoms with van der Waals surface area (Å²) in [6, 6.07) is 10.1. The van der Waals surface area contributed by atoms with Crippen LogP contribution in [0.5, 0.6) is 5.75 Å². The van der Waals surface area contributed by atoms with Crippen LogP contribution in [0.15, 0.2) is 36.5 Å². The van der Waals surface area contributed by atoms with Crippen LogP contribution in [-0.4, -0.2) is 16.6 Å². The first-order valence-corrected chi connectivity index (χ1v) is 6.57. The van der Waals surface area contributed by atoms with E-state index in [1.165, 1.54) is 0 Å². The molecule has 3 nitrogen and oxygen atoms in total. The summed E-state index contributed by atoms with van der Waals surface area (Å²) in [6.45, 7) is 4.81. The average molecular weight is 252 g/mol. The minimum atomic E-state index is 0.721. The molecule has 0 aliphatic rings. The van der Waals surface area contributed by atoms with Crippen LogP contribution in [0, 0.1) is 6.92 Å². The van der Waals surface area contributed by atoms with E-state index >= 15 is 0 Å². The number of nitrogens with zero attached hydrogens (tertiary/aromatic N) is 2. The molecule has 3 aromatic rings. The smallest absolute Gasteiger partial charge is 0.130 e. The van der Waals surface area contributed by atoms with E-state index in [0.717, 1.165) is 46.3 Å². The molecule has 3 heteroatoms. The third kappa shape index (κ3) is 2.12. The number of hydrogen-bond acceptors (Lipinski definition) is 3. The summed E-state index contributed by atoms with van der Waals surface area (Å²) in [4.78, 5) is 9.08. The lowest BCUT2D eigenvalue weighted by atomic mass is 10.1. The summed E-state index contributed by atoms with van der Waals surface area (Å²) in [5, 5.41) is 2.14. The summed E-state index contributed by atoms with van der Waals surface area (Å²) in [5.74, 6) is 0.900. The lowest BCUT2D eigenvalue weighted by Gasteiger charge is -2.10. The molecule has 0 fully saturated rings. The van der Waals surface area contributed by atoms with E-state index in [4.69, 9.17) is 4.74 Å². The van der Waals surface area contributed by atoms with Crippen LogP contribution in [0.3, 0.4) is 0 Å². The van der Waals surface area contributed by atoms with Crippen molar-refractivity contribution in [2.24, 2.45) is 0 Å². The fourth-order valence-electron chi connectivity index (χ4n) is 2.25. The van der Waals surface area contributed by atoms with Crippen molar-refractivity contribution in [2.75, 3.05) is 6.61 Å². The number of pyridine rings is 2. The van der Waals surface area contributed by atoms with Gasteiger partial charge in [0.2, 0.25) is 0 Å². The topological polar surface area (TPSA) is 35.0 Å². The molecule has 2 heterocycles. The number of hydrogen-bond donors (Lipinski definition) is 0. The molecule has 1 aromatic carbocycles. The third-order valence-corrected chi connectivity index (χ3v) is 3.10. The number of aryl methyl sites for hydroxylation is 1. The fraction of sp³-hybridized carbons (Fsp3) is 0.250. The molecule has 2 aromatic heterocycles. The van der Waals surface area contributed by atoms with Gasteiger partial charge in [-0.2, -0.15) is 0 Å². The van der Waals surface area contributed by atoms with Gasteiger partial charge >= 0.3 is 0 Å². The van der Waals surface area contributed by atoms with Crippen LogP contribution in [0.25, 0.3) is 21.8 Å². The highest BCUT2D eigenvalue weighted by Crippen LogP contribution is 2.30. The zero-order chi connectivity index (χ0) is 13.2. The van der Waals surface area contributed by atoms with E-state index in [1.807, 2.05) is 19.1 Å². The Morgan fingerprint density at radius 1 is 1.16 bits per heavy atom. The molecule has 3 rings (SSSR count). The van der Waals surface area contributed by atoms with Crippen molar-refractivity contribution >= 4 is 21.8 Å². The van der Waals surface area contributed by atoms with Gasteiger partial charge in [0.25, 0.3) is 0 Å². The molecule has 0 unspecified atom stereocenters. The van der Waals surface area contributed by atoms with Gasteiger partial charge in [0.1, 0.15) is 11.3 Å². The number of aromatic nitrogens is 2. The summed E-state index contributed by atoms with van der Waals surface area (Å²) < 4.78 is 5.83. The van der Waals surface area contributed by atoms with Crippen LogP contribution >= 0.6 is 0 Å². The quantitative estimate of drug-likeness (QED) is 0.663. The van der Waals surface area contributed by atoms with Crippen LogP contribution < -0.4 is 4.74 Å². The van der Waals surface area contributed by atoms with E-state index in [-0.39, 0.29) is 0 Å². The van der Waals surface area contributed by atoms with Crippen LogP contribution in [0.2, 0.25) is 0 Å². The van der Waals surface area contributed by atoms with E-state index in [2.05, 4.69) is 35.1 Å². The highest BCUT2D eigenvalue weighted by molar-refractivity contribution is 6.04. The monoisotopic (exact) mass is 252 g/mol. The Morgan fingerprint density at radius 2 is 2.05 bits per heavy atom. The molecule has 0 atom stereocenters. The first kappa shape index (κ1) is 11.9. The van der Waals surface area contributed by atoms with Crippen molar-refractivity contribution in [1.29, 1.82) is 0 Å². The van der Waals surface area contributed by atoms with Gasteiger partial charge in [-0.15, -0.1) is 0 Å². The summed E-state index contributed by atoms with van der Waals surface area (Å²) in [5.41, 5.74) is 2.81. The molecule has 0 radical (unpaired) electrons. The van der Waals surface area contributed by atoms with Crippen molar-refractivity contribution in [2.45, 2.75) is 20.3 Å². The van der Waals surface area contributed by atoms with Gasteiger partial charge < -0.3 is 4.74 Å². The van der Waals surface area contributed by atoms with Crippen molar-refractivity contribution in [3.8, 4) is 5.75 Å². The first-order valence-electron chi connectivity index (χ1n) is 6.57. The predicted molar refractivity (Wildman–Crippen MR) is 77.6 cm³/mol. The van der Waals surface area contributed by atoms with E-state index in [9.17, 15) is 0 Å². The second-order valence-electron chi connectivity index (χ2n) is 4.65. The number of benzene rings is 1. The Morgan fingerprint density at radius 3 is 2.89 bits per heavy atom. The Hall–Kier alpha value is -2.16. The van der Waals surface area contributed by atoms with Gasteiger partial charge in [0, 0.05) is 28.7 Å². The maximum Gasteiger partial charge on any atom is 0.130 e. The minimum Gasteiger partial charge on any atom is -0.493 e. The first-order chi connectivity index (χ1) is 9.29. The molecule has 0 bridgehead atoms. The summed E-state index contributed by atoms with van der Waals surface area (Å²) in [6.07, 6.45) is 2.80.